The van der Waals surface area contributed by atoms with Crippen molar-refractivity contribution in [2.24, 2.45) is 44.8 Å². The van der Waals surface area contributed by atoms with Gasteiger partial charge in [0.1, 0.15) is 61.0 Å². The number of hydrogen-bond donors (Lipinski definition) is 10. The number of aliphatic carboxylic acids is 1. The van der Waals surface area contributed by atoms with Crippen LogP contribution in [-0.4, -0.2) is 168 Å². The maximum absolute atomic E-state index is 13.1. The second kappa shape index (κ2) is 16.4. The molecule has 17 heteroatoms. The fraction of sp³-hybridized carbons (Fsp3) is 0.933. The highest BCUT2D eigenvalue weighted by Gasteiger charge is 2.70. The van der Waals surface area contributed by atoms with Gasteiger partial charge in [0.2, 0.25) is 0 Å². The third-order valence-corrected chi connectivity index (χ3v) is 18.3. The predicted octanol–water partition coefficient (Wildman–Crippen LogP) is 0.709. The minimum atomic E-state index is -1.75. The summed E-state index contributed by atoms with van der Waals surface area (Å²) in [5.74, 6) is -0.575. The van der Waals surface area contributed by atoms with Crippen molar-refractivity contribution < 1.29 is 84.3 Å². The van der Waals surface area contributed by atoms with Crippen molar-refractivity contribution in [3.63, 3.8) is 0 Å². The number of carbonyl (C=O) groups is 1. The Labute approximate surface area is 363 Å². The van der Waals surface area contributed by atoms with Crippen LogP contribution in [0.15, 0.2) is 11.6 Å². The summed E-state index contributed by atoms with van der Waals surface area (Å²) < 4.78 is 36.7. The molecular weight excluding hydrogens is 812 g/mol. The molecule has 8 aliphatic rings. The van der Waals surface area contributed by atoms with Crippen LogP contribution >= 0.6 is 0 Å². The van der Waals surface area contributed by atoms with Gasteiger partial charge >= 0.3 is 5.97 Å². The highest BCUT2D eigenvalue weighted by molar-refractivity contribution is 5.76. The number of allylic oxidation sites excluding steroid dienone is 2. The van der Waals surface area contributed by atoms with Crippen molar-refractivity contribution in [3.05, 3.63) is 11.6 Å². The van der Waals surface area contributed by atoms with Crippen LogP contribution in [-0.2, 0) is 33.2 Å². The van der Waals surface area contributed by atoms with E-state index in [4.69, 9.17) is 28.4 Å². The van der Waals surface area contributed by atoms with Gasteiger partial charge in [-0.1, -0.05) is 46.3 Å². The first kappa shape index (κ1) is 47.1. The zero-order valence-electron chi connectivity index (χ0n) is 36.9. The van der Waals surface area contributed by atoms with Crippen molar-refractivity contribution >= 4 is 5.97 Å². The largest absolute Gasteiger partial charge is 0.481 e. The summed E-state index contributed by atoms with van der Waals surface area (Å²) in [7, 11) is 0. The lowest BCUT2D eigenvalue weighted by Gasteiger charge is -2.71. The van der Waals surface area contributed by atoms with E-state index < -0.39 is 128 Å². The summed E-state index contributed by atoms with van der Waals surface area (Å²) in [6.07, 6.45) is -11.5. The molecule has 4 saturated carbocycles. The van der Waals surface area contributed by atoms with E-state index >= 15 is 0 Å². The molecule has 0 aromatic rings. The van der Waals surface area contributed by atoms with E-state index in [1.165, 1.54) is 5.57 Å². The molecule has 0 radical (unpaired) electrons. The highest BCUT2D eigenvalue weighted by Crippen LogP contribution is 2.75. The summed E-state index contributed by atoms with van der Waals surface area (Å²) in [4.78, 5) is 13.1. The zero-order chi connectivity index (χ0) is 45.1. The molecule has 10 N–H and O–H groups in total. The van der Waals surface area contributed by atoms with Crippen molar-refractivity contribution in [1.82, 2.24) is 0 Å². The van der Waals surface area contributed by atoms with Crippen molar-refractivity contribution in [2.45, 2.75) is 197 Å². The molecule has 0 bridgehead atoms. The van der Waals surface area contributed by atoms with Crippen LogP contribution in [0.4, 0.5) is 0 Å². The zero-order valence-corrected chi connectivity index (χ0v) is 36.9. The summed E-state index contributed by atoms with van der Waals surface area (Å²) in [6, 6.07) is 0. The monoisotopic (exact) mass is 884 g/mol. The second-order valence-electron chi connectivity index (χ2n) is 21.9. The first-order chi connectivity index (χ1) is 29.0. The number of aliphatic hydroxyl groups excluding tert-OH is 8. The van der Waals surface area contributed by atoms with Gasteiger partial charge in [0.25, 0.3) is 0 Å². The molecule has 5 aliphatic carbocycles. The van der Waals surface area contributed by atoms with Crippen LogP contribution in [0.1, 0.15) is 106 Å². The van der Waals surface area contributed by atoms with E-state index in [1.807, 2.05) is 6.92 Å². The molecular formula is C45H72O17. The van der Waals surface area contributed by atoms with Crippen molar-refractivity contribution in [3.8, 4) is 0 Å². The van der Waals surface area contributed by atoms with Crippen molar-refractivity contribution in [2.75, 3.05) is 19.8 Å². The average Bonchev–Trinajstić information content (AvgIpc) is 3.20. The standard InChI is InChI=1S/C45H72O17/c1-40(2)26-9-12-44(6)27(8-7-21-22-17-41(3,56)13-15-45(22,39(54)55)16-14-43(21,44)5)42(26,4)11-10-28(40)60-38-35(62-37-33(53)30(50)24(48)20-58-37)34(31(51)25(18-46)59-38)61-36-32(52)29(49)23(47)19-57-36/h7,22-38,46-53,56H,8-20H2,1-6H3,(H,54,55). The van der Waals surface area contributed by atoms with Gasteiger partial charge in [0.05, 0.1) is 36.9 Å². The molecule has 0 aromatic heterocycles. The molecule has 22 unspecified atom stereocenters. The Morgan fingerprint density at radius 3 is 1.90 bits per heavy atom. The first-order valence-corrected chi connectivity index (χ1v) is 22.8. The van der Waals surface area contributed by atoms with Gasteiger partial charge in [-0.05, 0) is 111 Å². The van der Waals surface area contributed by atoms with Gasteiger partial charge in [0.15, 0.2) is 18.9 Å². The maximum Gasteiger partial charge on any atom is 0.310 e. The molecule has 62 heavy (non-hydrogen) atoms. The Morgan fingerprint density at radius 1 is 0.710 bits per heavy atom. The van der Waals surface area contributed by atoms with Crippen LogP contribution in [0.25, 0.3) is 0 Å². The number of carboxylic acids is 1. The molecule has 3 aliphatic heterocycles. The minimum Gasteiger partial charge on any atom is -0.481 e. The number of ether oxygens (including phenoxy) is 6. The van der Waals surface area contributed by atoms with Gasteiger partial charge in [-0.2, -0.15) is 0 Å². The van der Waals surface area contributed by atoms with Crippen LogP contribution in [0.2, 0.25) is 0 Å². The Morgan fingerprint density at radius 2 is 1.31 bits per heavy atom. The van der Waals surface area contributed by atoms with E-state index in [-0.39, 0.29) is 34.0 Å². The van der Waals surface area contributed by atoms with E-state index in [9.17, 15) is 55.9 Å². The summed E-state index contributed by atoms with van der Waals surface area (Å²) >= 11 is 0. The van der Waals surface area contributed by atoms with Crippen LogP contribution in [0, 0.1) is 44.8 Å². The number of rotatable bonds is 8. The Balaban J connectivity index is 1.08. The quantitative estimate of drug-likeness (QED) is 0.119. The summed E-state index contributed by atoms with van der Waals surface area (Å²) in [5, 5.41) is 107. The van der Waals surface area contributed by atoms with E-state index in [2.05, 4.69) is 40.7 Å². The summed E-state index contributed by atoms with van der Waals surface area (Å²) in [5.41, 5.74) is -1.64. The van der Waals surface area contributed by atoms with E-state index in [0.29, 0.717) is 32.1 Å². The lowest BCUT2D eigenvalue weighted by Crippen LogP contribution is -2.67. The number of aliphatic hydroxyl groups is 9. The molecule has 17 nitrogen and oxygen atoms in total. The van der Waals surface area contributed by atoms with Crippen LogP contribution in [0.5, 0.6) is 0 Å². The smallest absolute Gasteiger partial charge is 0.310 e. The third kappa shape index (κ3) is 7.27. The predicted molar refractivity (Wildman–Crippen MR) is 215 cm³/mol. The molecule has 354 valence electrons. The normalized spacial score (nSPS) is 55.1. The SMILES string of the molecule is CC1(O)CCC2(C(=O)O)CCC3(C)C(=CCC4C5(C)CCC(OC6OC(CO)C(O)C(OC7OCC(O)C(O)C7O)C6OC6OCC(O)C(O)C6O)C(C)(C)C5CCC43C)C2C1. The lowest BCUT2D eigenvalue weighted by atomic mass is 9.33. The minimum absolute atomic E-state index is 0.144. The topological polar surface area (TPSA) is 275 Å². The van der Waals surface area contributed by atoms with Gasteiger partial charge in [-0.25, -0.2) is 0 Å². The van der Waals surface area contributed by atoms with Crippen LogP contribution in [0.3, 0.4) is 0 Å². The Kier molecular flexibility index (Phi) is 12.5. The molecule has 0 aromatic carbocycles. The molecule has 3 saturated heterocycles. The molecule has 7 fully saturated rings. The van der Waals surface area contributed by atoms with Crippen molar-refractivity contribution in [1.29, 1.82) is 0 Å². The van der Waals surface area contributed by atoms with E-state index in [1.54, 1.807) is 0 Å². The highest BCUT2D eigenvalue weighted by atomic mass is 16.8. The third-order valence-electron chi connectivity index (χ3n) is 18.3. The Hall–Kier alpha value is -1.39. The van der Waals surface area contributed by atoms with Gasteiger partial charge in [-0.3, -0.25) is 4.79 Å². The lowest BCUT2D eigenvalue weighted by molar-refractivity contribution is -0.390. The molecule has 22 atom stereocenters. The molecule has 3 heterocycles. The Bertz CT molecular complexity index is 1690. The number of fused-ring (bicyclic) bond motifs is 7. The second-order valence-corrected chi connectivity index (χ2v) is 21.9. The van der Waals surface area contributed by atoms with Gasteiger partial charge < -0.3 is 79.5 Å². The average molecular weight is 885 g/mol. The molecule has 0 spiro atoms. The fourth-order valence-corrected chi connectivity index (χ4v) is 14.4. The number of carboxylic acid groups (broad SMARTS) is 1. The number of hydrogen-bond acceptors (Lipinski definition) is 16. The van der Waals surface area contributed by atoms with Gasteiger partial charge in [0, 0.05) is 0 Å². The molecule has 0 amide bonds. The maximum atomic E-state index is 13.1. The van der Waals surface area contributed by atoms with Gasteiger partial charge in [-0.15, -0.1) is 0 Å². The molecule has 8 rings (SSSR count). The summed E-state index contributed by atoms with van der Waals surface area (Å²) in [6.45, 7) is 11.9. The first-order valence-electron chi connectivity index (χ1n) is 22.8. The van der Waals surface area contributed by atoms with E-state index in [0.717, 1.165) is 32.1 Å². The fourth-order valence-electron chi connectivity index (χ4n) is 14.4. The van der Waals surface area contributed by atoms with Crippen LogP contribution < -0.4 is 0 Å².